The van der Waals surface area contributed by atoms with E-state index in [2.05, 4.69) is 0 Å². The average Bonchev–Trinajstić information content (AvgIpc) is 2.97. The molecule has 3 rings (SSSR count). The van der Waals surface area contributed by atoms with Crippen LogP contribution in [0.2, 0.25) is 10.0 Å². The summed E-state index contributed by atoms with van der Waals surface area (Å²) in [5.41, 5.74) is 0.750. The fourth-order valence-electron chi connectivity index (χ4n) is 4.26. The van der Waals surface area contributed by atoms with E-state index in [0.29, 0.717) is 55.6 Å². The number of aliphatic hydroxyl groups excluding tert-OH is 3. The Morgan fingerprint density at radius 1 is 1.15 bits per heavy atom. The van der Waals surface area contributed by atoms with Gasteiger partial charge < -0.3 is 25.1 Å². The van der Waals surface area contributed by atoms with Crippen LogP contribution in [0.5, 0.6) is 0 Å². The van der Waals surface area contributed by atoms with Crippen molar-refractivity contribution in [1.29, 1.82) is 0 Å². The molecule has 3 N–H and O–H groups in total. The van der Waals surface area contributed by atoms with E-state index in [0.717, 1.165) is 5.56 Å². The van der Waals surface area contributed by atoms with Gasteiger partial charge in [0.05, 0.1) is 28.9 Å². The minimum atomic E-state index is -0.782. The van der Waals surface area contributed by atoms with Crippen LogP contribution in [0.4, 0.5) is 0 Å². The molecule has 2 heterocycles. The molecule has 0 aliphatic carbocycles. The van der Waals surface area contributed by atoms with Gasteiger partial charge in [-0.3, -0.25) is 14.5 Å². The number of hydrogen-bond acceptors (Lipinski definition) is 6. The van der Waals surface area contributed by atoms with Gasteiger partial charge >= 0.3 is 0 Å². The Balaban J connectivity index is 1.51. The van der Waals surface area contributed by atoms with Crippen LogP contribution in [0.15, 0.2) is 24.3 Å². The van der Waals surface area contributed by atoms with Gasteiger partial charge in [-0.05, 0) is 36.6 Å². The summed E-state index contributed by atoms with van der Waals surface area (Å²) in [6.07, 6.45) is 3.15. The maximum Gasteiger partial charge on any atom is 0.246 e. The lowest BCUT2D eigenvalue weighted by molar-refractivity contribution is -0.132. The standard InChI is InChI=1S/C23H31Cl2N3O5/c24-20-3-1-16(11-21(20)25)2-4-22(32)26-8-6-23(33)28(10-9-26)14-19(31)13-27-7-5-18(30)12-17(27)15-29/h1-4,11,17-19,29-31H,5-10,12-15H2/t17-,18+,19?/m0/s1. The molecule has 3 atom stereocenters. The van der Waals surface area contributed by atoms with Crippen LogP contribution < -0.4 is 0 Å². The Bertz CT molecular complexity index is 868. The molecule has 0 bridgehead atoms. The smallest absolute Gasteiger partial charge is 0.246 e. The average molecular weight is 500 g/mol. The lowest BCUT2D eigenvalue weighted by Gasteiger charge is -2.38. The van der Waals surface area contributed by atoms with Crippen molar-refractivity contribution < 1.29 is 24.9 Å². The van der Waals surface area contributed by atoms with Gasteiger partial charge in [0.25, 0.3) is 0 Å². The van der Waals surface area contributed by atoms with Crippen molar-refractivity contribution in [3.63, 3.8) is 0 Å². The minimum absolute atomic E-state index is 0.0841. The molecule has 0 aromatic heterocycles. The number of hydrogen-bond donors (Lipinski definition) is 3. The van der Waals surface area contributed by atoms with E-state index < -0.39 is 12.2 Å². The van der Waals surface area contributed by atoms with Crippen LogP contribution in [0.25, 0.3) is 6.08 Å². The number of carbonyl (C=O) groups excluding carboxylic acids is 2. The molecule has 0 radical (unpaired) electrons. The SMILES string of the molecule is O=C(C=Cc1ccc(Cl)c(Cl)c1)N1CCC(=O)N(CC(O)CN2CC[C@@H](O)C[C@H]2CO)CC1. The van der Waals surface area contributed by atoms with Crippen LogP contribution in [-0.4, -0.2) is 106 Å². The van der Waals surface area contributed by atoms with Crippen LogP contribution in [-0.2, 0) is 9.59 Å². The fraction of sp³-hybridized carbons (Fsp3) is 0.565. The minimum Gasteiger partial charge on any atom is -0.395 e. The van der Waals surface area contributed by atoms with E-state index in [9.17, 15) is 24.9 Å². The summed E-state index contributed by atoms with van der Waals surface area (Å²) in [7, 11) is 0. The normalized spacial score (nSPS) is 23.7. The van der Waals surface area contributed by atoms with E-state index in [4.69, 9.17) is 23.2 Å². The Morgan fingerprint density at radius 3 is 2.67 bits per heavy atom. The third-order valence-electron chi connectivity index (χ3n) is 6.16. The van der Waals surface area contributed by atoms with Gasteiger partial charge in [0.2, 0.25) is 11.8 Å². The van der Waals surface area contributed by atoms with Crippen molar-refractivity contribution in [2.24, 2.45) is 0 Å². The molecule has 1 aromatic rings. The largest absolute Gasteiger partial charge is 0.395 e. The summed E-state index contributed by atoms with van der Waals surface area (Å²) in [6.45, 7) is 2.01. The second-order valence-electron chi connectivity index (χ2n) is 8.59. The second kappa shape index (κ2) is 12.1. The quantitative estimate of drug-likeness (QED) is 0.487. The first-order chi connectivity index (χ1) is 15.8. The molecule has 182 valence electrons. The topological polar surface area (TPSA) is 105 Å². The summed E-state index contributed by atoms with van der Waals surface area (Å²) in [6, 6.07) is 4.90. The molecule has 10 heteroatoms. The van der Waals surface area contributed by atoms with Gasteiger partial charge in [-0.25, -0.2) is 0 Å². The summed E-state index contributed by atoms with van der Waals surface area (Å²) in [5, 5.41) is 30.8. The Kier molecular flexibility index (Phi) is 9.55. The van der Waals surface area contributed by atoms with Crippen molar-refractivity contribution in [3.05, 3.63) is 39.9 Å². The summed E-state index contributed by atoms with van der Waals surface area (Å²) in [5.74, 6) is -0.306. The van der Waals surface area contributed by atoms with Crippen molar-refractivity contribution in [2.75, 3.05) is 45.9 Å². The summed E-state index contributed by atoms with van der Waals surface area (Å²) in [4.78, 5) is 30.4. The Morgan fingerprint density at radius 2 is 1.94 bits per heavy atom. The number of β-amino-alcohol motifs (C(OH)–C–C–N with tert-alkyl or cyclic N) is 1. The molecule has 0 saturated carbocycles. The summed E-state index contributed by atoms with van der Waals surface area (Å²) < 4.78 is 0. The first-order valence-electron chi connectivity index (χ1n) is 11.2. The molecule has 2 fully saturated rings. The highest BCUT2D eigenvalue weighted by molar-refractivity contribution is 6.42. The first-order valence-corrected chi connectivity index (χ1v) is 11.9. The van der Waals surface area contributed by atoms with Gasteiger partial charge in [-0.2, -0.15) is 0 Å². The van der Waals surface area contributed by atoms with Gasteiger partial charge in [-0.1, -0.05) is 29.3 Å². The zero-order chi connectivity index (χ0) is 24.0. The van der Waals surface area contributed by atoms with Crippen molar-refractivity contribution in [2.45, 2.75) is 37.5 Å². The molecule has 1 aromatic carbocycles. The molecule has 33 heavy (non-hydrogen) atoms. The zero-order valence-electron chi connectivity index (χ0n) is 18.4. The number of benzene rings is 1. The maximum atomic E-state index is 12.6. The Hall–Kier alpha value is -1.68. The third kappa shape index (κ3) is 7.40. The first kappa shape index (κ1) is 25.9. The van der Waals surface area contributed by atoms with E-state index >= 15 is 0 Å². The third-order valence-corrected chi connectivity index (χ3v) is 6.90. The molecule has 2 amide bonds. The number of carbonyl (C=O) groups is 2. The van der Waals surface area contributed by atoms with Crippen LogP contribution in [0, 0.1) is 0 Å². The van der Waals surface area contributed by atoms with Gasteiger partial charge in [0, 0.05) is 57.8 Å². The molecule has 2 aliphatic rings. The van der Waals surface area contributed by atoms with E-state index in [-0.39, 0.29) is 37.4 Å². The number of nitrogens with zero attached hydrogens (tertiary/aromatic N) is 3. The van der Waals surface area contributed by atoms with Gasteiger partial charge in [-0.15, -0.1) is 0 Å². The molecular formula is C23H31Cl2N3O5. The molecule has 2 aliphatic heterocycles. The highest BCUT2D eigenvalue weighted by Crippen LogP contribution is 2.23. The molecular weight excluding hydrogens is 469 g/mol. The van der Waals surface area contributed by atoms with E-state index in [1.807, 2.05) is 4.90 Å². The van der Waals surface area contributed by atoms with Crippen LogP contribution >= 0.6 is 23.2 Å². The lowest BCUT2D eigenvalue weighted by atomic mass is 9.99. The number of likely N-dealkylation sites (tertiary alicyclic amines) is 1. The van der Waals surface area contributed by atoms with E-state index in [1.54, 1.807) is 34.1 Å². The van der Waals surface area contributed by atoms with E-state index in [1.165, 1.54) is 6.08 Å². The summed E-state index contributed by atoms with van der Waals surface area (Å²) >= 11 is 11.9. The number of rotatable bonds is 7. The highest BCUT2D eigenvalue weighted by atomic mass is 35.5. The number of halogens is 2. The lowest BCUT2D eigenvalue weighted by Crippen LogP contribution is -2.51. The molecule has 0 spiro atoms. The predicted molar refractivity (Wildman–Crippen MR) is 127 cm³/mol. The van der Waals surface area contributed by atoms with Crippen molar-refractivity contribution >= 4 is 41.1 Å². The Labute approximate surface area is 204 Å². The van der Waals surface area contributed by atoms with Gasteiger partial charge in [0.1, 0.15) is 0 Å². The maximum absolute atomic E-state index is 12.6. The molecule has 1 unspecified atom stereocenters. The number of amides is 2. The number of aliphatic hydroxyl groups is 3. The van der Waals surface area contributed by atoms with Crippen molar-refractivity contribution in [3.8, 4) is 0 Å². The monoisotopic (exact) mass is 499 g/mol. The van der Waals surface area contributed by atoms with Crippen molar-refractivity contribution in [1.82, 2.24) is 14.7 Å². The molecule has 8 nitrogen and oxygen atoms in total. The van der Waals surface area contributed by atoms with Crippen LogP contribution in [0.1, 0.15) is 24.8 Å². The number of piperidine rings is 1. The van der Waals surface area contributed by atoms with Gasteiger partial charge in [0.15, 0.2) is 0 Å². The zero-order valence-corrected chi connectivity index (χ0v) is 20.0. The molecule has 2 saturated heterocycles. The predicted octanol–water partition coefficient (Wildman–Crippen LogP) is 1.25. The second-order valence-corrected chi connectivity index (χ2v) is 9.40. The fourth-order valence-corrected chi connectivity index (χ4v) is 4.57. The highest BCUT2D eigenvalue weighted by Gasteiger charge is 2.30. The van der Waals surface area contributed by atoms with Crippen LogP contribution in [0.3, 0.4) is 0 Å².